The lowest BCUT2D eigenvalue weighted by Gasteiger charge is -2.17. The Bertz CT molecular complexity index is 374. The van der Waals surface area contributed by atoms with E-state index in [-0.39, 0.29) is 12.5 Å². The fourth-order valence-corrected chi connectivity index (χ4v) is 1.44. The molecule has 5 nitrogen and oxygen atoms in total. The van der Waals surface area contributed by atoms with Gasteiger partial charge in [-0.3, -0.25) is 9.59 Å². The molecule has 0 radical (unpaired) electrons. The zero-order valence-electron chi connectivity index (χ0n) is 8.07. The lowest BCUT2D eigenvalue weighted by Crippen LogP contribution is -2.35. The van der Waals surface area contributed by atoms with E-state index in [1.165, 1.54) is 17.2 Å². The Labute approximate surface area is 94.8 Å². The van der Waals surface area contributed by atoms with Gasteiger partial charge in [0.15, 0.2) is 4.67 Å². The van der Waals surface area contributed by atoms with Gasteiger partial charge in [0.2, 0.25) is 0 Å². The van der Waals surface area contributed by atoms with Crippen LogP contribution in [0.4, 0.5) is 0 Å². The molecule has 0 aromatic carbocycles. The van der Waals surface area contributed by atoms with Crippen molar-refractivity contribution in [1.29, 1.82) is 0 Å². The molecule has 6 heteroatoms. The Morgan fingerprint density at radius 2 is 2.27 bits per heavy atom. The summed E-state index contributed by atoms with van der Waals surface area (Å²) in [6, 6.07) is 1.51. The number of carbonyl (C=O) groups excluding carboxylic acids is 1. The third kappa shape index (κ3) is 3.09. The molecule has 1 heterocycles. The number of rotatable bonds is 4. The Balaban J connectivity index is 2.77. The minimum Gasteiger partial charge on any atom is -0.480 e. The van der Waals surface area contributed by atoms with Gasteiger partial charge in [0, 0.05) is 12.6 Å². The second-order valence-corrected chi connectivity index (χ2v) is 3.63. The summed E-state index contributed by atoms with van der Waals surface area (Å²) in [6.07, 6.45) is 1.29. The molecule has 15 heavy (non-hydrogen) atoms. The second kappa shape index (κ2) is 4.97. The van der Waals surface area contributed by atoms with Crippen molar-refractivity contribution >= 4 is 27.8 Å². The highest BCUT2D eigenvalue weighted by Crippen LogP contribution is 2.15. The van der Waals surface area contributed by atoms with Crippen molar-refractivity contribution < 1.29 is 19.1 Å². The van der Waals surface area contributed by atoms with Crippen LogP contribution in [0.15, 0.2) is 21.4 Å². The molecule has 0 fully saturated rings. The third-order valence-electron chi connectivity index (χ3n) is 1.81. The van der Waals surface area contributed by atoms with E-state index in [9.17, 15) is 9.59 Å². The second-order valence-electron chi connectivity index (χ2n) is 2.85. The Kier molecular flexibility index (Phi) is 3.90. The van der Waals surface area contributed by atoms with Crippen molar-refractivity contribution in [2.45, 2.75) is 6.92 Å². The van der Waals surface area contributed by atoms with Crippen molar-refractivity contribution in [2.75, 3.05) is 13.1 Å². The van der Waals surface area contributed by atoms with Gasteiger partial charge in [-0.15, -0.1) is 0 Å². The van der Waals surface area contributed by atoms with Gasteiger partial charge in [-0.25, -0.2) is 0 Å². The molecule has 0 saturated carbocycles. The number of furan rings is 1. The first-order chi connectivity index (χ1) is 7.04. The molecule has 1 aromatic rings. The van der Waals surface area contributed by atoms with E-state index in [1.54, 1.807) is 6.92 Å². The molecule has 1 amide bonds. The number of carboxylic acid groups (broad SMARTS) is 1. The number of amides is 1. The number of hydrogen-bond acceptors (Lipinski definition) is 3. The number of likely N-dealkylation sites (N-methyl/N-ethyl adjacent to an activating group) is 1. The monoisotopic (exact) mass is 275 g/mol. The summed E-state index contributed by atoms with van der Waals surface area (Å²) in [5.41, 5.74) is 0.338. The molecule has 0 spiro atoms. The predicted molar refractivity (Wildman–Crippen MR) is 55.6 cm³/mol. The summed E-state index contributed by atoms with van der Waals surface area (Å²) in [4.78, 5) is 23.4. The average molecular weight is 276 g/mol. The maximum Gasteiger partial charge on any atom is 0.323 e. The van der Waals surface area contributed by atoms with E-state index in [4.69, 9.17) is 9.52 Å². The normalized spacial score (nSPS) is 10.0. The van der Waals surface area contributed by atoms with Crippen LogP contribution in [0, 0.1) is 0 Å². The highest BCUT2D eigenvalue weighted by molar-refractivity contribution is 9.10. The molecular formula is C9H10BrNO4. The largest absolute Gasteiger partial charge is 0.480 e. The topological polar surface area (TPSA) is 70.8 Å². The lowest BCUT2D eigenvalue weighted by atomic mass is 10.3. The average Bonchev–Trinajstić information content (AvgIpc) is 2.60. The van der Waals surface area contributed by atoms with Crippen molar-refractivity contribution in [3.8, 4) is 0 Å². The Hall–Kier alpha value is -1.30. The molecule has 0 unspecified atom stereocenters. The smallest absolute Gasteiger partial charge is 0.323 e. The van der Waals surface area contributed by atoms with E-state index >= 15 is 0 Å². The summed E-state index contributed by atoms with van der Waals surface area (Å²) in [7, 11) is 0. The first-order valence-corrected chi connectivity index (χ1v) is 5.09. The number of aliphatic carboxylic acids is 1. The summed E-state index contributed by atoms with van der Waals surface area (Å²) >= 11 is 3.07. The summed E-state index contributed by atoms with van der Waals surface area (Å²) < 4.78 is 5.35. The van der Waals surface area contributed by atoms with E-state index in [0.29, 0.717) is 16.8 Å². The molecule has 0 aliphatic rings. The van der Waals surface area contributed by atoms with Crippen LogP contribution in [-0.2, 0) is 4.79 Å². The summed E-state index contributed by atoms with van der Waals surface area (Å²) in [5.74, 6) is -1.39. The predicted octanol–water partition coefficient (Wildman–Crippen LogP) is 1.59. The minimum atomic E-state index is -1.03. The molecule has 0 aliphatic heterocycles. The van der Waals surface area contributed by atoms with Crippen LogP contribution >= 0.6 is 15.9 Å². The van der Waals surface area contributed by atoms with Gasteiger partial charge in [-0.05, 0) is 22.9 Å². The maximum atomic E-state index is 11.7. The van der Waals surface area contributed by atoms with E-state index in [0.717, 1.165) is 0 Å². The van der Waals surface area contributed by atoms with Crippen LogP contribution in [-0.4, -0.2) is 35.0 Å². The summed E-state index contributed by atoms with van der Waals surface area (Å²) in [6.45, 7) is 1.75. The molecule has 0 aliphatic carbocycles. The minimum absolute atomic E-state index is 0.307. The van der Waals surface area contributed by atoms with Gasteiger partial charge >= 0.3 is 5.97 Å². The fourth-order valence-electron chi connectivity index (χ4n) is 1.10. The fraction of sp³-hybridized carbons (Fsp3) is 0.333. The van der Waals surface area contributed by atoms with Crippen molar-refractivity contribution in [2.24, 2.45) is 0 Å². The van der Waals surface area contributed by atoms with Crippen LogP contribution in [0.2, 0.25) is 0 Å². The molecule has 1 rings (SSSR count). The first-order valence-electron chi connectivity index (χ1n) is 4.29. The first kappa shape index (κ1) is 11.8. The Morgan fingerprint density at radius 1 is 1.60 bits per heavy atom. The van der Waals surface area contributed by atoms with Gasteiger partial charge in [0.05, 0.1) is 5.56 Å². The van der Waals surface area contributed by atoms with Gasteiger partial charge in [-0.1, -0.05) is 0 Å². The number of nitrogens with zero attached hydrogens (tertiary/aromatic N) is 1. The van der Waals surface area contributed by atoms with Crippen LogP contribution < -0.4 is 0 Å². The van der Waals surface area contributed by atoms with E-state index in [2.05, 4.69) is 15.9 Å². The Morgan fingerprint density at radius 3 is 2.67 bits per heavy atom. The van der Waals surface area contributed by atoms with E-state index < -0.39 is 5.97 Å². The third-order valence-corrected chi connectivity index (χ3v) is 2.23. The zero-order valence-corrected chi connectivity index (χ0v) is 9.65. The molecule has 1 N–H and O–H groups in total. The van der Waals surface area contributed by atoms with Crippen molar-refractivity contribution in [1.82, 2.24) is 4.90 Å². The van der Waals surface area contributed by atoms with Gasteiger partial charge in [0.1, 0.15) is 12.8 Å². The van der Waals surface area contributed by atoms with Crippen LogP contribution in [0.5, 0.6) is 0 Å². The number of hydrogen-bond donors (Lipinski definition) is 1. The van der Waals surface area contributed by atoms with Crippen molar-refractivity contribution in [3.05, 3.63) is 22.6 Å². The molecule has 0 atom stereocenters. The molecule has 0 bridgehead atoms. The quantitative estimate of drug-likeness (QED) is 0.906. The molecule has 0 saturated heterocycles. The molecule has 82 valence electrons. The van der Waals surface area contributed by atoms with E-state index in [1.807, 2.05) is 0 Å². The van der Waals surface area contributed by atoms with Gasteiger partial charge < -0.3 is 14.4 Å². The summed E-state index contributed by atoms with van der Waals surface area (Å²) in [5, 5.41) is 8.59. The molecule has 1 aromatic heterocycles. The van der Waals surface area contributed by atoms with Gasteiger partial charge in [-0.2, -0.15) is 0 Å². The standard InChI is InChI=1S/C9H10BrNO4/c1-2-11(4-8(12)13)9(14)6-3-7(10)15-5-6/h3,5H,2,4H2,1H3,(H,12,13). The maximum absolute atomic E-state index is 11.7. The van der Waals surface area contributed by atoms with Crippen LogP contribution in [0.25, 0.3) is 0 Å². The SMILES string of the molecule is CCN(CC(=O)O)C(=O)c1coc(Br)c1. The van der Waals surface area contributed by atoms with Crippen LogP contribution in [0.3, 0.4) is 0 Å². The highest BCUT2D eigenvalue weighted by atomic mass is 79.9. The van der Waals surface area contributed by atoms with Crippen molar-refractivity contribution in [3.63, 3.8) is 0 Å². The van der Waals surface area contributed by atoms with Gasteiger partial charge in [0.25, 0.3) is 5.91 Å². The number of carbonyl (C=O) groups is 2. The lowest BCUT2D eigenvalue weighted by molar-refractivity contribution is -0.137. The highest BCUT2D eigenvalue weighted by Gasteiger charge is 2.18. The zero-order chi connectivity index (χ0) is 11.4. The number of halogens is 1. The number of carboxylic acids is 1. The molecular weight excluding hydrogens is 266 g/mol. The van der Waals surface area contributed by atoms with Crippen LogP contribution in [0.1, 0.15) is 17.3 Å².